The Labute approximate surface area is 122 Å². The summed E-state index contributed by atoms with van der Waals surface area (Å²) in [4.78, 5) is 0. The van der Waals surface area contributed by atoms with Gasteiger partial charge in [-0.05, 0) is 31.5 Å². The Balaban J connectivity index is 2.46. The van der Waals surface area contributed by atoms with Crippen molar-refractivity contribution in [3.63, 3.8) is 0 Å². The van der Waals surface area contributed by atoms with E-state index in [9.17, 15) is 0 Å². The van der Waals surface area contributed by atoms with E-state index in [4.69, 9.17) is 20.4 Å². The number of nitrogens with two attached hydrogens (primary N) is 1. The van der Waals surface area contributed by atoms with Crippen molar-refractivity contribution >= 4 is 5.84 Å². The molecule has 0 atom stereocenters. The predicted octanol–water partition coefficient (Wildman–Crippen LogP) is 1.99. The number of aryl methyl sites for hydroxylation is 1. The molecule has 1 aromatic heterocycles. The Morgan fingerprint density at radius 3 is 2.62 bits per heavy atom. The number of rotatable bonds is 4. The molecule has 0 aliphatic carbocycles. The first-order chi connectivity index (χ1) is 10.1. The highest BCUT2D eigenvalue weighted by atomic mass is 16.5. The van der Waals surface area contributed by atoms with Gasteiger partial charge in [0, 0.05) is 6.07 Å². The van der Waals surface area contributed by atoms with Gasteiger partial charge >= 0.3 is 0 Å². The Bertz CT molecular complexity index is 686. The van der Waals surface area contributed by atoms with Crippen LogP contribution in [-0.2, 0) is 0 Å². The lowest BCUT2D eigenvalue weighted by Crippen LogP contribution is -2.18. The average Bonchev–Trinajstić information content (AvgIpc) is 2.51. The first-order valence-corrected chi connectivity index (χ1v) is 6.20. The summed E-state index contributed by atoms with van der Waals surface area (Å²) in [6, 6.07) is 7.03. The molecule has 0 saturated carbocycles. The number of nitrogens with zero attached hydrogens (tertiary/aromatic N) is 3. The predicted molar refractivity (Wildman–Crippen MR) is 77.1 cm³/mol. The molecule has 0 radical (unpaired) electrons. The Morgan fingerprint density at radius 1 is 1.24 bits per heavy atom. The molecule has 0 spiro atoms. The van der Waals surface area contributed by atoms with Crippen molar-refractivity contribution in [1.82, 2.24) is 10.2 Å². The third-order valence-electron chi connectivity index (χ3n) is 3.04. The SMILES string of the molecule is COc1cccc(Oc2nnc(C)c(C)c2/C(N)=N/O)c1. The van der Waals surface area contributed by atoms with Crippen LogP contribution in [0.5, 0.6) is 17.4 Å². The molecule has 1 heterocycles. The number of amidine groups is 1. The van der Waals surface area contributed by atoms with Gasteiger partial charge in [-0.3, -0.25) is 0 Å². The molecular weight excluding hydrogens is 272 g/mol. The van der Waals surface area contributed by atoms with Crippen LogP contribution in [0.2, 0.25) is 0 Å². The maximum Gasteiger partial charge on any atom is 0.250 e. The molecular formula is C14H16N4O3. The number of ether oxygens (including phenoxy) is 2. The Kier molecular flexibility index (Phi) is 4.22. The Morgan fingerprint density at radius 2 is 1.95 bits per heavy atom. The molecule has 0 amide bonds. The van der Waals surface area contributed by atoms with Crippen LogP contribution in [0.1, 0.15) is 16.8 Å². The largest absolute Gasteiger partial charge is 0.497 e. The van der Waals surface area contributed by atoms with Gasteiger partial charge in [-0.25, -0.2) is 0 Å². The smallest absolute Gasteiger partial charge is 0.250 e. The summed E-state index contributed by atoms with van der Waals surface area (Å²) in [6.45, 7) is 3.58. The van der Waals surface area contributed by atoms with Crippen molar-refractivity contribution in [3.8, 4) is 17.4 Å². The van der Waals surface area contributed by atoms with E-state index in [1.165, 1.54) is 0 Å². The van der Waals surface area contributed by atoms with E-state index in [1.54, 1.807) is 45.2 Å². The summed E-state index contributed by atoms with van der Waals surface area (Å²) in [5, 5.41) is 19.9. The fourth-order valence-corrected chi connectivity index (χ4v) is 1.79. The minimum absolute atomic E-state index is 0.0802. The second-order valence-corrected chi connectivity index (χ2v) is 4.36. The summed E-state index contributed by atoms with van der Waals surface area (Å²) in [6.07, 6.45) is 0. The van der Waals surface area contributed by atoms with Crippen LogP contribution >= 0.6 is 0 Å². The van der Waals surface area contributed by atoms with E-state index in [0.717, 1.165) is 5.56 Å². The van der Waals surface area contributed by atoms with Crippen molar-refractivity contribution < 1.29 is 14.7 Å². The second-order valence-electron chi connectivity index (χ2n) is 4.36. The van der Waals surface area contributed by atoms with Gasteiger partial charge in [0.15, 0.2) is 5.84 Å². The van der Waals surface area contributed by atoms with Gasteiger partial charge < -0.3 is 20.4 Å². The zero-order valence-corrected chi connectivity index (χ0v) is 12.0. The van der Waals surface area contributed by atoms with Crippen LogP contribution < -0.4 is 15.2 Å². The van der Waals surface area contributed by atoms with Gasteiger partial charge in [0.25, 0.3) is 0 Å². The lowest BCUT2D eigenvalue weighted by molar-refractivity contribution is 0.318. The fraction of sp³-hybridized carbons (Fsp3) is 0.214. The maximum absolute atomic E-state index is 8.92. The number of benzene rings is 1. The van der Waals surface area contributed by atoms with Crippen molar-refractivity contribution in [1.29, 1.82) is 0 Å². The topological polar surface area (TPSA) is 103 Å². The van der Waals surface area contributed by atoms with Gasteiger partial charge in [0.1, 0.15) is 11.5 Å². The molecule has 1 aromatic carbocycles. The average molecular weight is 288 g/mol. The number of hydrogen-bond donors (Lipinski definition) is 2. The van der Waals surface area contributed by atoms with E-state index in [2.05, 4.69) is 15.4 Å². The molecule has 110 valence electrons. The van der Waals surface area contributed by atoms with Gasteiger partial charge in [-0.1, -0.05) is 11.2 Å². The normalized spacial score (nSPS) is 11.3. The number of hydrogen-bond acceptors (Lipinski definition) is 6. The highest BCUT2D eigenvalue weighted by Gasteiger charge is 2.17. The molecule has 0 bridgehead atoms. The van der Waals surface area contributed by atoms with E-state index < -0.39 is 0 Å². The summed E-state index contributed by atoms with van der Waals surface area (Å²) in [7, 11) is 1.57. The molecule has 0 saturated heterocycles. The van der Waals surface area contributed by atoms with Crippen LogP contribution in [0.4, 0.5) is 0 Å². The monoisotopic (exact) mass is 288 g/mol. The summed E-state index contributed by atoms with van der Waals surface area (Å²) >= 11 is 0. The van der Waals surface area contributed by atoms with Gasteiger partial charge in [-0.2, -0.15) is 5.10 Å². The van der Waals surface area contributed by atoms with E-state index in [1.807, 2.05) is 0 Å². The number of aromatic nitrogens is 2. The molecule has 21 heavy (non-hydrogen) atoms. The minimum Gasteiger partial charge on any atom is -0.497 e. The zero-order valence-electron chi connectivity index (χ0n) is 12.0. The van der Waals surface area contributed by atoms with Crippen LogP contribution in [0.15, 0.2) is 29.4 Å². The first kappa shape index (κ1) is 14.6. The van der Waals surface area contributed by atoms with Crippen LogP contribution in [0.3, 0.4) is 0 Å². The highest BCUT2D eigenvalue weighted by Crippen LogP contribution is 2.28. The minimum atomic E-state index is -0.0802. The molecule has 3 N–H and O–H groups in total. The lowest BCUT2D eigenvalue weighted by atomic mass is 10.1. The van der Waals surface area contributed by atoms with E-state index >= 15 is 0 Å². The van der Waals surface area contributed by atoms with Gasteiger partial charge in [0.2, 0.25) is 5.88 Å². The van der Waals surface area contributed by atoms with Crippen molar-refractivity contribution in [2.75, 3.05) is 7.11 Å². The van der Waals surface area contributed by atoms with E-state index in [0.29, 0.717) is 22.8 Å². The number of methoxy groups -OCH3 is 1. The molecule has 7 nitrogen and oxygen atoms in total. The summed E-state index contributed by atoms with van der Waals surface area (Å²) in [5.74, 6) is 1.25. The van der Waals surface area contributed by atoms with Crippen LogP contribution in [0, 0.1) is 13.8 Å². The Hall–Kier alpha value is -2.83. The molecule has 0 aliphatic rings. The van der Waals surface area contributed by atoms with Crippen molar-refractivity contribution in [3.05, 3.63) is 41.1 Å². The molecule has 0 unspecified atom stereocenters. The van der Waals surface area contributed by atoms with E-state index in [-0.39, 0.29) is 11.7 Å². The van der Waals surface area contributed by atoms with Crippen molar-refractivity contribution in [2.24, 2.45) is 10.9 Å². The summed E-state index contributed by atoms with van der Waals surface area (Å²) in [5.41, 5.74) is 7.52. The van der Waals surface area contributed by atoms with Gasteiger partial charge in [-0.15, -0.1) is 5.10 Å². The highest BCUT2D eigenvalue weighted by molar-refractivity contribution is 6.00. The van der Waals surface area contributed by atoms with Crippen molar-refractivity contribution in [2.45, 2.75) is 13.8 Å². The molecule has 2 aromatic rings. The fourth-order valence-electron chi connectivity index (χ4n) is 1.79. The second kappa shape index (κ2) is 6.08. The van der Waals surface area contributed by atoms with Crippen LogP contribution in [-0.4, -0.2) is 28.4 Å². The maximum atomic E-state index is 8.92. The quantitative estimate of drug-likeness (QED) is 0.386. The molecule has 2 rings (SSSR count). The molecule has 0 aliphatic heterocycles. The standard InChI is InChI=1S/C14H16N4O3/c1-8-9(2)16-17-14(12(8)13(15)18-19)21-11-6-4-5-10(7-11)20-3/h4-7,19H,1-3H3,(H2,15,18). The lowest BCUT2D eigenvalue weighted by Gasteiger charge is -2.12. The zero-order chi connectivity index (χ0) is 15.4. The molecule has 7 heteroatoms. The first-order valence-electron chi connectivity index (χ1n) is 6.20. The third kappa shape index (κ3) is 3.02. The number of oxime groups is 1. The van der Waals surface area contributed by atoms with Crippen LogP contribution in [0.25, 0.3) is 0 Å². The summed E-state index contributed by atoms with van der Waals surface area (Å²) < 4.78 is 10.8. The molecule has 0 fully saturated rings. The third-order valence-corrected chi connectivity index (χ3v) is 3.04. The van der Waals surface area contributed by atoms with Gasteiger partial charge in [0.05, 0.1) is 18.4 Å².